The molecule has 0 radical (unpaired) electrons. The smallest absolute Gasteiger partial charge is 0.255 e. The fourth-order valence-electron chi connectivity index (χ4n) is 4.35. The quantitative estimate of drug-likeness (QED) is 0.325. The summed E-state index contributed by atoms with van der Waals surface area (Å²) in [6.45, 7) is 2.94. The number of methoxy groups -OCH3 is 1. The highest BCUT2D eigenvalue weighted by Crippen LogP contribution is 2.32. The summed E-state index contributed by atoms with van der Waals surface area (Å²) in [6.07, 6.45) is 0.261. The normalized spacial score (nSPS) is 13.1. The Morgan fingerprint density at radius 2 is 1.79 bits per heavy atom. The van der Waals surface area contributed by atoms with Crippen molar-refractivity contribution in [3.8, 4) is 17.0 Å². The predicted molar refractivity (Wildman–Crippen MR) is 147 cm³/mol. The minimum absolute atomic E-state index is 0.155. The van der Waals surface area contributed by atoms with E-state index in [-0.39, 0.29) is 18.2 Å². The van der Waals surface area contributed by atoms with Crippen LogP contribution in [-0.4, -0.2) is 55.4 Å². The first-order valence-electron chi connectivity index (χ1n) is 12.4. The Hall–Kier alpha value is -4.63. The molecule has 1 saturated heterocycles. The van der Waals surface area contributed by atoms with Gasteiger partial charge in [-0.2, -0.15) is 5.10 Å². The highest BCUT2D eigenvalue weighted by molar-refractivity contribution is 6.05. The van der Waals surface area contributed by atoms with Gasteiger partial charge in [-0.3, -0.25) is 14.7 Å². The van der Waals surface area contributed by atoms with E-state index in [1.807, 2.05) is 54.6 Å². The number of aromatic amines is 1. The number of rotatable bonds is 8. The number of nitrogens with one attached hydrogen (secondary N) is 3. The zero-order chi connectivity index (χ0) is 26.3. The third kappa shape index (κ3) is 6.01. The summed E-state index contributed by atoms with van der Waals surface area (Å²) in [7, 11) is 1.62. The van der Waals surface area contributed by atoms with Gasteiger partial charge in [0.2, 0.25) is 5.91 Å². The van der Waals surface area contributed by atoms with Gasteiger partial charge >= 0.3 is 0 Å². The molecular formula is C29H29N5O4. The number of H-pyrrole nitrogens is 1. The monoisotopic (exact) mass is 511 g/mol. The maximum absolute atomic E-state index is 13.0. The summed E-state index contributed by atoms with van der Waals surface area (Å²) in [5.74, 6) is 0.711. The van der Waals surface area contributed by atoms with Crippen molar-refractivity contribution in [1.82, 2.24) is 10.2 Å². The maximum atomic E-state index is 13.0. The van der Waals surface area contributed by atoms with Crippen LogP contribution in [0.4, 0.5) is 17.2 Å². The average molecular weight is 512 g/mol. The van der Waals surface area contributed by atoms with E-state index in [0.29, 0.717) is 41.7 Å². The van der Waals surface area contributed by atoms with Crippen molar-refractivity contribution in [1.29, 1.82) is 0 Å². The van der Waals surface area contributed by atoms with Crippen molar-refractivity contribution in [3.63, 3.8) is 0 Å². The van der Waals surface area contributed by atoms with E-state index in [9.17, 15) is 9.59 Å². The van der Waals surface area contributed by atoms with E-state index in [4.69, 9.17) is 9.47 Å². The standard InChI is InChI=1S/C29H29N5O4/c1-37-26-18-23(10-11-25(26)34-12-14-38-15-13-34)30-29(36)22-9-5-8-21(17-22)24-19-27(33-32-24)31-28(35)16-20-6-3-2-4-7-20/h2-11,17-19H,12-16H2,1H3,(H,30,36)(H2,31,32,33,35). The van der Waals surface area contributed by atoms with Gasteiger partial charge in [0.15, 0.2) is 5.82 Å². The molecule has 0 saturated carbocycles. The second-order valence-electron chi connectivity index (χ2n) is 8.90. The number of ether oxygens (including phenoxy) is 2. The lowest BCUT2D eigenvalue weighted by Crippen LogP contribution is -2.36. The summed E-state index contributed by atoms with van der Waals surface area (Å²) in [5.41, 5.74) is 4.48. The Kier molecular flexibility index (Phi) is 7.65. The van der Waals surface area contributed by atoms with Gasteiger partial charge < -0.3 is 25.0 Å². The number of amides is 2. The zero-order valence-electron chi connectivity index (χ0n) is 21.1. The van der Waals surface area contributed by atoms with Crippen LogP contribution in [-0.2, 0) is 16.0 Å². The SMILES string of the molecule is COc1cc(NC(=O)c2cccc(-c3cc(NC(=O)Cc4ccccc4)n[nH]3)c2)ccc1N1CCOCC1. The minimum Gasteiger partial charge on any atom is -0.495 e. The van der Waals surface area contributed by atoms with E-state index in [1.54, 1.807) is 31.4 Å². The van der Waals surface area contributed by atoms with Crippen molar-refractivity contribution < 1.29 is 19.1 Å². The van der Waals surface area contributed by atoms with Crippen LogP contribution in [0.25, 0.3) is 11.3 Å². The highest BCUT2D eigenvalue weighted by atomic mass is 16.5. The summed E-state index contributed by atoms with van der Waals surface area (Å²) in [6, 6.07) is 24.1. The molecule has 0 spiro atoms. The van der Waals surface area contributed by atoms with Crippen LogP contribution < -0.4 is 20.3 Å². The van der Waals surface area contributed by atoms with Crippen LogP contribution in [0.5, 0.6) is 5.75 Å². The fraction of sp³-hybridized carbons (Fsp3) is 0.207. The molecule has 0 aliphatic carbocycles. The third-order valence-corrected chi connectivity index (χ3v) is 6.28. The van der Waals surface area contributed by atoms with Crippen LogP contribution in [0.3, 0.4) is 0 Å². The second kappa shape index (κ2) is 11.6. The van der Waals surface area contributed by atoms with Gasteiger partial charge in [0.1, 0.15) is 5.75 Å². The molecule has 1 aliphatic rings. The zero-order valence-corrected chi connectivity index (χ0v) is 21.1. The van der Waals surface area contributed by atoms with Crippen LogP contribution in [0, 0.1) is 0 Å². The number of aromatic nitrogens is 2. The van der Waals surface area contributed by atoms with Gasteiger partial charge in [-0.15, -0.1) is 0 Å². The first-order valence-corrected chi connectivity index (χ1v) is 12.4. The van der Waals surface area contributed by atoms with Crippen LogP contribution in [0.15, 0.2) is 78.9 Å². The molecule has 3 N–H and O–H groups in total. The van der Waals surface area contributed by atoms with E-state index >= 15 is 0 Å². The van der Waals surface area contributed by atoms with E-state index in [0.717, 1.165) is 29.9 Å². The first-order chi connectivity index (χ1) is 18.6. The molecule has 9 heteroatoms. The Morgan fingerprint density at radius 3 is 2.58 bits per heavy atom. The Balaban J connectivity index is 1.25. The predicted octanol–water partition coefficient (Wildman–Crippen LogP) is 4.36. The molecule has 38 heavy (non-hydrogen) atoms. The molecule has 1 aliphatic heterocycles. The summed E-state index contributed by atoms with van der Waals surface area (Å²) >= 11 is 0. The number of hydrogen-bond donors (Lipinski definition) is 3. The van der Waals surface area contributed by atoms with Crippen molar-refractivity contribution in [2.45, 2.75) is 6.42 Å². The Bertz CT molecular complexity index is 1410. The lowest BCUT2D eigenvalue weighted by Gasteiger charge is -2.30. The molecule has 0 atom stereocenters. The van der Waals surface area contributed by atoms with E-state index < -0.39 is 0 Å². The van der Waals surface area contributed by atoms with Gasteiger partial charge in [-0.25, -0.2) is 0 Å². The van der Waals surface area contributed by atoms with Crippen molar-refractivity contribution in [2.24, 2.45) is 0 Å². The molecule has 0 bridgehead atoms. The maximum Gasteiger partial charge on any atom is 0.255 e. The topological polar surface area (TPSA) is 109 Å². The Morgan fingerprint density at radius 1 is 0.974 bits per heavy atom. The minimum atomic E-state index is -0.246. The molecule has 4 aromatic rings. The molecule has 3 aromatic carbocycles. The van der Waals surface area contributed by atoms with E-state index in [2.05, 4.69) is 25.7 Å². The molecule has 194 valence electrons. The van der Waals surface area contributed by atoms with Crippen molar-refractivity contribution in [3.05, 3.63) is 90.0 Å². The highest BCUT2D eigenvalue weighted by Gasteiger charge is 2.17. The lowest BCUT2D eigenvalue weighted by atomic mass is 10.1. The van der Waals surface area contributed by atoms with Crippen molar-refractivity contribution in [2.75, 3.05) is 48.9 Å². The van der Waals surface area contributed by atoms with Crippen molar-refractivity contribution >= 4 is 29.0 Å². The number of anilines is 3. The molecule has 1 aromatic heterocycles. The average Bonchev–Trinajstić information content (AvgIpc) is 3.42. The lowest BCUT2D eigenvalue weighted by molar-refractivity contribution is -0.115. The molecular weight excluding hydrogens is 482 g/mol. The second-order valence-corrected chi connectivity index (χ2v) is 8.90. The summed E-state index contributed by atoms with van der Waals surface area (Å²) in [4.78, 5) is 27.6. The number of morpholine rings is 1. The van der Waals surface area contributed by atoms with Gasteiger partial charge in [0.25, 0.3) is 5.91 Å². The first kappa shape index (κ1) is 25.0. The summed E-state index contributed by atoms with van der Waals surface area (Å²) in [5, 5.41) is 12.9. The molecule has 5 rings (SSSR count). The number of hydrogen-bond acceptors (Lipinski definition) is 6. The summed E-state index contributed by atoms with van der Waals surface area (Å²) < 4.78 is 11.0. The molecule has 2 amide bonds. The van der Waals surface area contributed by atoms with Gasteiger partial charge in [0.05, 0.1) is 38.1 Å². The number of nitrogens with zero attached hydrogens (tertiary/aromatic N) is 2. The Labute approximate surface area is 220 Å². The molecule has 0 unspecified atom stereocenters. The number of carbonyl (C=O) groups excluding carboxylic acids is 2. The number of benzene rings is 3. The van der Waals surface area contributed by atoms with Gasteiger partial charge in [-0.05, 0) is 29.8 Å². The van der Waals surface area contributed by atoms with E-state index in [1.165, 1.54) is 0 Å². The molecule has 9 nitrogen and oxygen atoms in total. The molecule has 2 heterocycles. The molecule has 1 fully saturated rings. The third-order valence-electron chi connectivity index (χ3n) is 6.28. The van der Waals surface area contributed by atoms with Gasteiger partial charge in [-0.1, -0.05) is 42.5 Å². The van der Waals surface area contributed by atoms with Crippen LogP contribution in [0.2, 0.25) is 0 Å². The number of carbonyl (C=O) groups is 2. The largest absolute Gasteiger partial charge is 0.495 e. The fourth-order valence-corrected chi connectivity index (χ4v) is 4.35. The van der Waals surface area contributed by atoms with Gasteiger partial charge in [0, 0.05) is 42.0 Å². The van der Waals surface area contributed by atoms with Crippen LogP contribution in [0.1, 0.15) is 15.9 Å². The van der Waals surface area contributed by atoms with Crippen LogP contribution >= 0.6 is 0 Å².